The molecule has 0 aromatic heterocycles. The quantitative estimate of drug-likeness (QED) is 0.361. The lowest BCUT2D eigenvalue weighted by atomic mass is 10.1. The van der Waals surface area contributed by atoms with Crippen LogP contribution in [0.1, 0.15) is 25.5 Å². The van der Waals surface area contributed by atoms with E-state index in [0.717, 1.165) is 5.56 Å². The van der Waals surface area contributed by atoms with Crippen LogP contribution in [-0.2, 0) is 0 Å². The molecule has 1 aromatic rings. The van der Waals surface area contributed by atoms with E-state index in [-0.39, 0.29) is 6.04 Å². The summed E-state index contributed by atoms with van der Waals surface area (Å²) in [4.78, 5) is 4.31. The zero-order valence-electron chi connectivity index (χ0n) is 8.66. The molecule has 4 heteroatoms. The first-order valence-corrected chi connectivity index (χ1v) is 4.96. The third-order valence-electron chi connectivity index (χ3n) is 1.98. The van der Waals surface area contributed by atoms with Gasteiger partial charge in [0.15, 0.2) is 6.19 Å². The van der Waals surface area contributed by atoms with Crippen LogP contribution >= 0.6 is 11.6 Å². The van der Waals surface area contributed by atoms with Gasteiger partial charge in [0.1, 0.15) is 5.84 Å². The Morgan fingerprint density at radius 2 is 2.07 bits per heavy atom. The third kappa shape index (κ3) is 3.61. The summed E-state index contributed by atoms with van der Waals surface area (Å²) in [5, 5.41) is 11.6. The van der Waals surface area contributed by atoms with Crippen molar-refractivity contribution in [3.63, 3.8) is 0 Å². The Labute approximate surface area is 94.4 Å². The van der Waals surface area contributed by atoms with Crippen molar-refractivity contribution in [2.75, 3.05) is 0 Å². The highest BCUT2D eigenvalue weighted by molar-refractivity contribution is 6.30. The SMILES string of the molecule is CC(=NC(C)c1ccc(Cl)cc1)NC#N. The molecule has 0 saturated carbocycles. The van der Waals surface area contributed by atoms with Crippen LogP contribution in [-0.4, -0.2) is 5.84 Å². The van der Waals surface area contributed by atoms with Gasteiger partial charge >= 0.3 is 0 Å². The van der Waals surface area contributed by atoms with Crippen LogP contribution in [0.15, 0.2) is 29.3 Å². The number of amidine groups is 1. The van der Waals surface area contributed by atoms with Crippen molar-refractivity contribution in [1.82, 2.24) is 5.32 Å². The molecule has 1 rings (SSSR count). The molecular weight excluding hydrogens is 210 g/mol. The fraction of sp³-hybridized carbons (Fsp3) is 0.273. The summed E-state index contributed by atoms with van der Waals surface area (Å²) in [5.41, 5.74) is 1.07. The van der Waals surface area contributed by atoms with Gasteiger partial charge in [-0.3, -0.25) is 10.3 Å². The molecule has 1 unspecified atom stereocenters. The molecule has 0 heterocycles. The summed E-state index contributed by atoms with van der Waals surface area (Å²) >= 11 is 5.78. The highest BCUT2D eigenvalue weighted by Gasteiger charge is 2.03. The molecule has 1 atom stereocenters. The Kier molecular flexibility index (Phi) is 4.14. The van der Waals surface area contributed by atoms with Crippen molar-refractivity contribution in [2.45, 2.75) is 19.9 Å². The minimum atomic E-state index is 0.0168. The molecule has 0 spiro atoms. The van der Waals surface area contributed by atoms with Crippen molar-refractivity contribution in [3.05, 3.63) is 34.9 Å². The van der Waals surface area contributed by atoms with Gasteiger partial charge in [0.05, 0.1) is 6.04 Å². The lowest BCUT2D eigenvalue weighted by Gasteiger charge is -2.07. The number of nitrogens with zero attached hydrogens (tertiary/aromatic N) is 2. The molecule has 0 fully saturated rings. The molecule has 0 saturated heterocycles. The molecule has 15 heavy (non-hydrogen) atoms. The number of nitrogens with one attached hydrogen (secondary N) is 1. The van der Waals surface area contributed by atoms with Gasteiger partial charge in [0.25, 0.3) is 0 Å². The fourth-order valence-electron chi connectivity index (χ4n) is 1.22. The lowest BCUT2D eigenvalue weighted by Crippen LogP contribution is -2.14. The highest BCUT2D eigenvalue weighted by atomic mass is 35.5. The average Bonchev–Trinajstić information content (AvgIpc) is 2.18. The molecule has 3 nitrogen and oxygen atoms in total. The minimum absolute atomic E-state index is 0.0168. The molecule has 0 aliphatic rings. The first-order chi connectivity index (χ1) is 7.13. The number of nitriles is 1. The second-order valence-electron chi connectivity index (χ2n) is 3.18. The summed E-state index contributed by atoms with van der Waals surface area (Å²) in [6.45, 7) is 3.72. The molecule has 0 bridgehead atoms. The second kappa shape index (κ2) is 5.38. The van der Waals surface area contributed by atoms with Gasteiger partial charge in [-0.15, -0.1) is 0 Å². The topological polar surface area (TPSA) is 48.2 Å². The van der Waals surface area contributed by atoms with E-state index in [1.165, 1.54) is 0 Å². The number of halogens is 1. The van der Waals surface area contributed by atoms with Crippen LogP contribution in [0, 0.1) is 11.5 Å². The van der Waals surface area contributed by atoms with Crippen LogP contribution in [0.4, 0.5) is 0 Å². The van der Waals surface area contributed by atoms with E-state index < -0.39 is 0 Å². The summed E-state index contributed by atoms with van der Waals surface area (Å²) in [6.07, 6.45) is 1.83. The normalized spacial score (nSPS) is 13.1. The monoisotopic (exact) mass is 221 g/mol. The van der Waals surface area contributed by atoms with Gasteiger partial charge in [-0.2, -0.15) is 5.26 Å². The molecule has 0 radical (unpaired) electrons. The predicted molar refractivity (Wildman–Crippen MR) is 61.7 cm³/mol. The minimum Gasteiger partial charge on any atom is -0.281 e. The third-order valence-corrected chi connectivity index (χ3v) is 2.23. The number of rotatable bonds is 2. The summed E-state index contributed by atoms with van der Waals surface area (Å²) in [5.74, 6) is 0.611. The van der Waals surface area contributed by atoms with Crippen molar-refractivity contribution >= 4 is 17.4 Å². The molecule has 1 aromatic carbocycles. The lowest BCUT2D eigenvalue weighted by molar-refractivity contribution is 0.812. The van der Waals surface area contributed by atoms with Gasteiger partial charge < -0.3 is 0 Å². The van der Waals surface area contributed by atoms with Crippen LogP contribution < -0.4 is 5.32 Å². The number of hydrogen-bond acceptors (Lipinski definition) is 2. The Morgan fingerprint density at radius 1 is 1.47 bits per heavy atom. The highest BCUT2D eigenvalue weighted by Crippen LogP contribution is 2.18. The van der Waals surface area contributed by atoms with E-state index in [4.69, 9.17) is 16.9 Å². The number of benzene rings is 1. The molecule has 78 valence electrons. The van der Waals surface area contributed by atoms with E-state index >= 15 is 0 Å². The largest absolute Gasteiger partial charge is 0.281 e. The second-order valence-corrected chi connectivity index (χ2v) is 3.62. The van der Waals surface area contributed by atoms with Gasteiger partial charge in [-0.05, 0) is 31.5 Å². The zero-order chi connectivity index (χ0) is 11.3. The maximum atomic E-state index is 8.40. The first kappa shape index (κ1) is 11.5. The predicted octanol–water partition coefficient (Wildman–Crippen LogP) is 2.89. The van der Waals surface area contributed by atoms with E-state index in [0.29, 0.717) is 10.9 Å². The summed E-state index contributed by atoms with van der Waals surface area (Å²) in [7, 11) is 0. The van der Waals surface area contributed by atoms with E-state index in [9.17, 15) is 0 Å². The molecule has 0 aliphatic carbocycles. The molecule has 1 N–H and O–H groups in total. The van der Waals surface area contributed by atoms with Crippen molar-refractivity contribution in [3.8, 4) is 6.19 Å². The Morgan fingerprint density at radius 3 is 2.60 bits per heavy atom. The summed E-state index contributed by atoms with van der Waals surface area (Å²) in [6, 6.07) is 7.53. The summed E-state index contributed by atoms with van der Waals surface area (Å²) < 4.78 is 0. The van der Waals surface area contributed by atoms with Gasteiger partial charge in [0, 0.05) is 5.02 Å². The van der Waals surface area contributed by atoms with E-state index in [2.05, 4.69) is 10.3 Å². The smallest absolute Gasteiger partial charge is 0.182 e. The molecule has 0 aliphatic heterocycles. The van der Waals surface area contributed by atoms with Crippen LogP contribution in [0.5, 0.6) is 0 Å². The van der Waals surface area contributed by atoms with Crippen LogP contribution in [0.3, 0.4) is 0 Å². The van der Waals surface area contributed by atoms with Crippen molar-refractivity contribution in [1.29, 1.82) is 5.26 Å². The molecule has 0 amide bonds. The Bertz CT molecular complexity index is 389. The maximum absolute atomic E-state index is 8.40. The average molecular weight is 222 g/mol. The fourth-order valence-corrected chi connectivity index (χ4v) is 1.35. The van der Waals surface area contributed by atoms with Crippen molar-refractivity contribution < 1.29 is 0 Å². The van der Waals surface area contributed by atoms with Crippen molar-refractivity contribution in [2.24, 2.45) is 4.99 Å². The van der Waals surface area contributed by atoms with E-state index in [1.807, 2.05) is 37.4 Å². The Balaban J connectivity index is 2.77. The zero-order valence-corrected chi connectivity index (χ0v) is 9.42. The number of aliphatic imine (C=N–C) groups is 1. The first-order valence-electron chi connectivity index (χ1n) is 4.58. The standard InChI is InChI=1S/C11H12ClN3/c1-8(15-9(2)14-7-13)10-3-5-11(12)6-4-10/h3-6,8H,1-2H3,(H,14,15). The van der Waals surface area contributed by atoms with Gasteiger partial charge in [-0.1, -0.05) is 23.7 Å². The maximum Gasteiger partial charge on any atom is 0.182 e. The van der Waals surface area contributed by atoms with Gasteiger partial charge in [0.2, 0.25) is 0 Å². The number of hydrogen-bond donors (Lipinski definition) is 1. The Hall–Kier alpha value is -1.53. The molecular formula is C11H12ClN3. The van der Waals surface area contributed by atoms with Gasteiger partial charge in [-0.25, -0.2) is 0 Å². The van der Waals surface area contributed by atoms with Crippen LogP contribution in [0.2, 0.25) is 5.02 Å². The van der Waals surface area contributed by atoms with Crippen LogP contribution in [0.25, 0.3) is 0 Å². The van der Waals surface area contributed by atoms with E-state index in [1.54, 1.807) is 6.92 Å².